The lowest BCUT2D eigenvalue weighted by atomic mass is 10.0. The third kappa shape index (κ3) is 3.54. The molecule has 3 aromatic rings. The molecule has 0 fully saturated rings. The van der Waals surface area contributed by atoms with Crippen molar-refractivity contribution >= 4 is 16.9 Å². The molecule has 26 heavy (non-hydrogen) atoms. The number of rotatable bonds is 4. The van der Waals surface area contributed by atoms with Gasteiger partial charge in [-0.2, -0.15) is 0 Å². The summed E-state index contributed by atoms with van der Waals surface area (Å²) in [6.45, 7) is 0.310. The Kier molecular flexibility index (Phi) is 4.31. The molecule has 1 aliphatic rings. The molecule has 1 aliphatic heterocycles. The van der Waals surface area contributed by atoms with Crippen molar-refractivity contribution in [1.82, 2.24) is 5.32 Å². The Bertz CT molecular complexity index is 1010. The van der Waals surface area contributed by atoms with E-state index in [-0.39, 0.29) is 18.6 Å². The second-order valence-electron chi connectivity index (χ2n) is 6.13. The van der Waals surface area contributed by atoms with E-state index in [2.05, 4.69) is 5.32 Å². The van der Waals surface area contributed by atoms with Crippen molar-refractivity contribution < 1.29 is 18.7 Å². The van der Waals surface area contributed by atoms with Crippen LogP contribution in [0.3, 0.4) is 0 Å². The smallest absolute Gasteiger partial charge is 0.336 e. The van der Waals surface area contributed by atoms with Crippen LogP contribution in [-0.4, -0.2) is 25.2 Å². The van der Waals surface area contributed by atoms with Crippen LogP contribution in [0, 0.1) is 0 Å². The minimum absolute atomic E-state index is 0.0874. The fourth-order valence-electron chi connectivity index (χ4n) is 2.97. The first-order chi connectivity index (χ1) is 12.7. The Hall–Kier alpha value is -3.28. The average molecular weight is 351 g/mol. The van der Waals surface area contributed by atoms with E-state index >= 15 is 0 Å². The number of benzene rings is 2. The third-order valence-electron chi connectivity index (χ3n) is 4.21. The molecule has 132 valence electrons. The van der Waals surface area contributed by atoms with Gasteiger partial charge in [0.15, 0.2) is 6.61 Å². The maximum absolute atomic E-state index is 12.1. The first-order valence-corrected chi connectivity index (χ1v) is 8.34. The number of hydrogen-bond donors (Lipinski definition) is 1. The lowest BCUT2D eigenvalue weighted by Gasteiger charge is -2.26. The molecule has 0 radical (unpaired) electrons. The number of ether oxygens (including phenoxy) is 2. The van der Waals surface area contributed by atoms with Crippen molar-refractivity contribution in [3.05, 3.63) is 70.6 Å². The lowest BCUT2D eigenvalue weighted by Crippen LogP contribution is -2.44. The van der Waals surface area contributed by atoms with E-state index in [0.717, 1.165) is 23.1 Å². The van der Waals surface area contributed by atoms with E-state index < -0.39 is 5.63 Å². The summed E-state index contributed by atoms with van der Waals surface area (Å²) in [7, 11) is 0. The van der Waals surface area contributed by atoms with Crippen molar-refractivity contribution in [2.24, 2.45) is 0 Å². The van der Waals surface area contributed by atoms with Gasteiger partial charge in [0.25, 0.3) is 5.91 Å². The van der Waals surface area contributed by atoms with Gasteiger partial charge in [-0.3, -0.25) is 4.79 Å². The molecule has 6 nitrogen and oxygen atoms in total. The molecule has 1 aromatic heterocycles. The fourth-order valence-corrected chi connectivity index (χ4v) is 2.97. The summed E-state index contributed by atoms with van der Waals surface area (Å²) in [6, 6.07) is 15.9. The van der Waals surface area contributed by atoms with Gasteiger partial charge in [-0.25, -0.2) is 4.79 Å². The topological polar surface area (TPSA) is 77.8 Å². The zero-order valence-corrected chi connectivity index (χ0v) is 13.9. The van der Waals surface area contributed by atoms with Gasteiger partial charge in [0.2, 0.25) is 0 Å². The van der Waals surface area contributed by atoms with E-state index in [4.69, 9.17) is 13.9 Å². The van der Waals surface area contributed by atoms with Crippen LogP contribution in [0.5, 0.6) is 11.5 Å². The molecule has 1 N–H and O–H groups in total. The van der Waals surface area contributed by atoms with Crippen LogP contribution in [0.2, 0.25) is 0 Å². The van der Waals surface area contributed by atoms with Crippen LogP contribution in [0.25, 0.3) is 11.0 Å². The molecule has 1 amide bonds. The Morgan fingerprint density at radius 3 is 2.92 bits per heavy atom. The summed E-state index contributed by atoms with van der Waals surface area (Å²) in [5.41, 5.74) is 1.08. The predicted molar refractivity (Wildman–Crippen MR) is 95.6 cm³/mol. The number of amides is 1. The minimum Gasteiger partial charge on any atom is -0.491 e. The number of nitrogens with one attached hydrogen (secondary N) is 1. The largest absolute Gasteiger partial charge is 0.491 e. The monoisotopic (exact) mass is 351 g/mol. The third-order valence-corrected chi connectivity index (χ3v) is 4.21. The molecule has 2 aromatic carbocycles. The predicted octanol–water partition coefficient (Wildman–Crippen LogP) is 2.29. The molecule has 0 spiro atoms. The van der Waals surface area contributed by atoms with Crippen LogP contribution >= 0.6 is 0 Å². The molecule has 6 heteroatoms. The van der Waals surface area contributed by atoms with Gasteiger partial charge in [-0.15, -0.1) is 0 Å². The van der Waals surface area contributed by atoms with E-state index in [1.165, 1.54) is 6.07 Å². The zero-order chi connectivity index (χ0) is 17.9. The molecule has 0 saturated carbocycles. The van der Waals surface area contributed by atoms with Crippen LogP contribution in [0.1, 0.15) is 5.56 Å². The van der Waals surface area contributed by atoms with Gasteiger partial charge >= 0.3 is 5.63 Å². The molecule has 0 bridgehead atoms. The number of hydrogen-bond acceptors (Lipinski definition) is 5. The van der Waals surface area contributed by atoms with Crippen LogP contribution in [0.4, 0.5) is 0 Å². The quantitative estimate of drug-likeness (QED) is 0.730. The van der Waals surface area contributed by atoms with Gasteiger partial charge < -0.3 is 19.2 Å². The maximum atomic E-state index is 12.1. The SMILES string of the molecule is O=C(COc1ccc2ccc(=O)oc2c1)NC1COc2ccccc2C1. The molecular weight excluding hydrogens is 334 g/mol. The van der Waals surface area contributed by atoms with Crippen molar-refractivity contribution in [2.75, 3.05) is 13.2 Å². The van der Waals surface area contributed by atoms with Crippen molar-refractivity contribution in [2.45, 2.75) is 12.5 Å². The zero-order valence-electron chi connectivity index (χ0n) is 13.9. The molecule has 1 atom stereocenters. The minimum atomic E-state index is -0.426. The highest BCUT2D eigenvalue weighted by Crippen LogP contribution is 2.24. The first kappa shape index (κ1) is 16.2. The van der Waals surface area contributed by atoms with E-state index in [1.807, 2.05) is 24.3 Å². The van der Waals surface area contributed by atoms with Crippen molar-refractivity contribution in [1.29, 1.82) is 0 Å². The van der Waals surface area contributed by atoms with E-state index in [0.29, 0.717) is 17.9 Å². The Balaban J connectivity index is 1.35. The molecule has 2 heterocycles. The molecule has 0 saturated heterocycles. The van der Waals surface area contributed by atoms with Gasteiger partial charge in [0.1, 0.15) is 23.7 Å². The number of carbonyl (C=O) groups excluding carboxylic acids is 1. The second kappa shape index (κ2) is 6.92. The Morgan fingerprint density at radius 1 is 1.15 bits per heavy atom. The first-order valence-electron chi connectivity index (χ1n) is 8.34. The summed E-state index contributed by atoms with van der Waals surface area (Å²) >= 11 is 0. The Morgan fingerprint density at radius 2 is 2.00 bits per heavy atom. The fraction of sp³-hybridized carbons (Fsp3) is 0.200. The number of fused-ring (bicyclic) bond motifs is 2. The average Bonchev–Trinajstić information content (AvgIpc) is 2.66. The van der Waals surface area contributed by atoms with Crippen LogP contribution < -0.4 is 20.4 Å². The highest BCUT2D eigenvalue weighted by molar-refractivity contribution is 5.79. The summed E-state index contributed by atoms with van der Waals surface area (Å²) in [6.07, 6.45) is 0.725. The standard InChI is InChI=1S/C20H17NO5/c22-19(21-15-9-14-3-1-2-4-17(14)25-11-15)12-24-16-7-5-13-6-8-20(23)26-18(13)10-16/h1-8,10,15H,9,11-12H2,(H,21,22). The number of carbonyl (C=O) groups is 1. The van der Waals surface area contributed by atoms with Gasteiger partial charge in [-0.05, 0) is 36.2 Å². The number of para-hydroxylation sites is 1. The summed E-state index contributed by atoms with van der Waals surface area (Å²) in [4.78, 5) is 23.4. The van der Waals surface area contributed by atoms with Crippen molar-refractivity contribution in [3.8, 4) is 11.5 Å². The van der Waals surface area contributed by atoms with Gasteiger partial charge in [-0.1, -0.05) is 18.2 Å². The maximum Gasteiger partial charge on any atom is 0.336 e. The molecular formula is C20H17NO5. The van der Waals surface area contributed by atoms with E-state index in [1.54, 1.807) is 24.3 Å². The molecule has 4 rings (SSSR count). The molecule has 1 unspecified atom stereocenters. The van der Waals surface area contributed by atoms with Crippen molar-refractivity contribution in [3.63, 3.8) is 0 Å². The van der Waals surface area contributed by atoms with Gasteiger partial charge in [0.05, 0.1) is 6.04 Å². The normalized spacial score (nSPS) is 15.8. The summed E-state index contributed by atoms with van der Waals surface area (Å²) in [5.74, 6) is 1.10. The van der Waals surface area contributed by atoms with Gasteiger partial charge in [0, 0.05) is 17.5 Å². The lowest BCUT2D eigenvalue weighted by molar-refractivity contribution is -0.124. The van der Waals surface area contributed by atoms with Crippen LogP contribution in [0.15, 0.2) is 63.8 Å². The second-order valence-corrected chi connectivity index (χ2v) is 6.13. The van der Waals surface area contributed by atoms with Crippen LogP contribution in [-0.2, 0) is 11.2 Å². The molecule has 0 aliphatic carbocycles. The highest BCUT2D eigenvalue weighted by atomic mass is 16.5. The Labute approximate surface area is 149 Å². The highest BCUT2D eigenvalue weighted by Gasteiger charge is 2.21. The van der Waals surface area contributed by atoms with E-state index in [9.17, 15) is 9.59 Å². The summed E-state index contributed by atoms with van der Waals surface area (Å²) < 4.78 is 16.3. The summed E-state index contributed by atoms with van der Waals surface area (Å²) in [5, 5.41) is 3.71.